The Hall–Kier alpha value is -3.90. The molecule has 1 aromatic heterocycles. The van der Waals surface area contributed by atoms with Crippen LogP contribution >= 0.6 is 11.6 Å². The van der Waals surface area contributed by atoms with Gasteiger partial charge in [-0.25, -0.2) is 4.98 Å². The van der Waals surface area contributed by atoms with Crippen molar-refractivity contribution >= 4 is 40.0 Å². The molecule has 4 aromatic rings. The van der Waals surface area contributed by atoms with E-state index < -0.39 is 0 Å². The molecule has 3 aromatic carbocycles. The fraction of sp³-hybridized carbons (Fsp3) is 0.207. The predicted octanol–water partition coefficient (Wildman–Crippen LogP) is 4.82. The first-order valence-electron chi connectivity index (χ1n) is 12.1. The summed E-state index contributed by atoms with van der Waals surface area (Å²) in [5, 5.41) is 5.68. The largest absolute Gasteiger partial charge is 0.353 e. The molecule has 1 aliphatic heterocycles. The Balaban J connectivity index is 1.14. The van der Waals surface area contributed by atoms with Crippen LogP contribution in [0.2, 0.25) is 5.02 Å². The van der Waals surface area contributed by atoms with E-state index in [1.54, 1.807) is 12.3 Å². The van der Waals surface area contributed by atoms with Gasteiger partial charge in [-0.05, 0) is 53.1 Å². The van der Waals surface area contributed by atoms with E-state index >= 15 is 0 Å². The van der Waals surface area contributed by atoms with Crippen molar-refractivity contribution in [3.63, 3.8) is 0 Å². The zero-order chi connectivity index (χ0) is 24.9. The number of anilines is 1. The quantitative estimate of drug-likeness (QED) is 0.414. The lowest BCUT2D eigenvalue weighted by Gasteiger charge is -2.35. The Labute approximate surface area is 215 Å². The Morgan fingerprint density at radius 2 is 1.67 bits per heavy atom. The average Bonchev–Trinajstić information content (AvgIpc) is 2.92. The van der Waals surface area contributed by atoms with E-state index in [2.05, 4.69) is 15.2 Å². The lowest BCUT2D eigenvalue weighted by Crippen LogP contribution is -2.49. The molecule has 7 heteroatoms. The van der Waals surface area contributed by atoms with Crippen LogP contribution in [-0.4, -0.2) is 54.4 Å². The van der Waals surface area contributed by atoms with Gasteiger partial charge in [0, 0.05) is 49.5 Å². The van der Waals surface area contributed by atoms with Gasteiger partial charge in [-0.2, -0.15) is 0 Å². The molecular formula is C29H27ClN4O2. The summed E-state index contributed by atoms with van der Waals surface area (Å²) in [7, 11) is 0. The molecule has 2 heterocycles. The number of hydrogen-bond donors (Lipinski definition) is 1. The van der Waals surface area contributed by atoms with Crippen LogP contribution in [0.4, 0.5) is 5.82 Å². The summed E-state index contributed by atoms with van der Waals surface area (Å²) in [6.07, 6.45) is 2.32. The monoisotopic (exact) mass is 498 g/mol. The Kier molecular flexibility index (Phi) is 7.14. The van der Waals surface area contributed by atoms with Gasteiger partial charge >= 0.3 is 0 Å². The summed E-state index contributed by atoms with van der Waals surface area (Å²) in [5.41, 5.74) is 2.34. The molecular weight excluding hydrogens is 472 g/mol. The van der Waals surface area contributed by atoms with E-state index in [1.165, 1.54) is 0 Å². The van der Waals surface area contributed by atoms with Crippen molar-refractivity contribution in [1.29, 1.82) is 0 Å². The number of carbonyl (C=O) groups is 2. The Morgan fingerprint density at radius 3 is 2.44 bits per heavy atom. The van der Waals surface area contributed by atoms with Crippen LogP contribution < -0.4 is 10.2 Å². The zero-order valence-corrected chi connectivity index (χ0v) is 20.6. The molecule has 0 atom stereocenters. The first kappa shape index (κ1) is 23.8. The third-order valence-corrected chi connectivity index (χ3v) is 6.74. The third kappa shape index (κ3) is 5.34. The van der Waals surface area contributed by atoms with E-state index in [9.17, 15) is 9.59 Å². The van der Waals surface area contributed by atoms with Crippen LogP contribution in [0.25, 0.3) is 10.8 Å². The van der Waals surface area contributed by atoms with Crippen molar-refractivity contribution in [3.8, 4) is 0 Å². The number of nitrogens with one attached hydrogen (secondary N) is 1. The minimum Gasteiger partial charge on any atom is -0.353 e. The molecule has 0 radical (unpaired) electrons. The maximum atomic E-state index is 13.2. The van der Waals surface area contributed by atoms with E-state index in [1.807, 2.05) is 77.7 Å². The van der Waals surface area contributed by atoms with Crippen LogP contribution in [0.3, 0.4) is 0 Å². The number of rotatable bonds is 6. The summed E-state index contributed by atoms with van der Waals surface area (Å²) in [5.74, 6) is 0.716. The number of piperazine rings is 1. The predicted molar refractivity (Wildman–Crippen MR) is 144 cm³/mol. The Bertz CT molecular complexity index is 1380. The van der Waals surface area contributed by atoms with Crippen LogP contribution in [0.1, 0.15) is 26.3 Å². The van der Waals surface area contributed by atoms with E-state index in [0.29, 0.717) is 49.7 Å². The van der Waals surface area contributed by atoms with Gasteiger partial charge in [-0.15, -0.1) is 0 Å². The summed E-state index contributed by atoms with van der Waals surface area (Å²) < 4.78 is 0. The molecule has 0 bridgehead atoms. The molecule has 36 heavy (non-hydrogen) atoms. The van der Waals surface area contributed by atoms with Gasteiger partial charge in [-0.1, -0.05) is 60.1 Å². The molecule has 0 unspecified atom stereocenters. The van der Waals surface area contributed by atoms with Gasteiger partial charge in [0.05, 0.1) is 5.56 Å². The third-order valence-electron chi connectivity index (χ3n) is 6.51. The van der Waals surface area contributed by atoms with E-state index in [4.69, 9.17) is 11.6 Å². The van der Waals surface area contributed by atoms with Crippen molar-refractivity contribution in [3.05, 3.63) is 107 Å². The minimum absolute atomic E-state index is 0.0594. The zero-order valence-electron chi connectivity index (χ0n) is 19.9. The smallest absolute Gasteiger partial charge is 0.254 e. The maximum Gasteiger partial charge on any atom is 0.254 e. The van der Waals surface area contributed by atoms with Crippen LogP contribution in [0.15, 0.2) is 85.1 Å². The van der Waals surface area contributed by atoms with Crippen molar-refractivity contribution in [2.75, 3.05) is 37.6 Å². The highest BCUT2D eigenvalue weighted by molar-refractivity contribution is 6.30. The number of aromatic nitrogens is 1. The number of benzene rings is 3. The molecule has 182 valence electrons. The van der Waals surface area contributed by atoms with Crippen molar-refractivity contribution in [2.45, 2.75) is 6.42 Å². The summed E-state index contributed by atoms with van der Waals surface area (Å²) in [6, 6.07) is 25.1. The molecule has 1 saturated heterocycles. The molecule has 1 fully saturated rings. The highest BCUT2D eigenvalue weighted by Crippen LogP contribution is 2.22. The fourth-order valence-corrected chi connectivity index (χ4v) is 4.76. The lowest BCUT2D eigenvalue weighted by molar-refractivity contribution is 0.0748. The molecule has 1 N–H and O–H groups in total. The number of amides is 2. The number of pyridine rings is 1. The van der Waals surface area contributed by atoms with Gasteiger partial charge in [0.2, 0.25) is 0 Å². The molecule has 1 aliphatic rings. The summed E-state index contributed by atoms with van der Waals surface area (Å²) in [6.45, 7) is 3.14. The van der Waals surface area contributed by atoms with Crippen molar-refractivity contribution in [2.24, 2.45) is 0 Å². The summed E-state index contributed by atoms with van der Waals surface area (Å²) in [4.78, 5) is 34.3. The normalized spacial score (nSPS) is 13.6. The number of nitrogens with zero attached hydrogens (tertiary/aromatic N) is 3. The van der Waals surface area contributed by atoms with Crippen LogP contribution in [0.5, 0.6) is 0 Å². The molecule has 5 rings (SSSR count). The van der Waals surface area contributed by atoms with Gasteiger partial charge in [-0.3, -0.25) is 9.59 Å². The second-order valence-corrected chi connectivity index (χ2v) is 9.28. The Morgan fingerprint density at radius 1 is 0.889 bits per heavy atom. The molecule has 0 aliphatic carbocycles. The molecule has 0 spiro atoms. The van der Waals surface area contributed by atoms with Gasteiger partial charge in [0.1, 0.15) is 5.82 Å². The molecule has 2 amide bonds. The summed E-state index contributed by atoms with van der Waals surface area (Å²) >= 11 is 6.01. The molecule has 6 nitrogen and oxygen atoms in total. The van der Waals surface area contributed by atoms with Gasteiger partial charge in [0.25, 0.3) is 11.8 Å². The first-order chi connectivity index (χ1) is 17.6. The first-order valence-corrected chi connectivity index (χ1v) is 12.5. The molecule has 0 saturated carbocycles. The number of carbonyl (C=O) groups excluding carboxylic acids is 2. The lowest BCUT2D eigenvalue weighted by atomic mass is 10.0. The SMILES string of the molecule is O=C(NCCc1cccc(Cl)c1)c1ccc(N2CCN(C(=O)c3cccc4ccccc34)CC2)nc1. The highest BCUT2D eigenvalue weighted by atomic mass is 35.5. The van der Waals surface area contributed by atoms with E-state index in [0.717, 1.165) is 27.7 Å². The van der Waals surface area contributed by atoms with Crippen LogP contribution in [-0.2, 0) is 6.42 Å². The minimum atomic E-state index is -0.151. The van der Waals surface area contributed by atoms with Gasteiger partial charge < -0.3 is 15.1 Å². The topological polar surface area (TPSA) is 65.5 Å². The second-order valence-electron chi connectivity index (χ2n) is 8.85. The van der Waals surface area contributed by atoms with Crippen molar-refractivity contribution in [1.82, 2.24) is 15.2 Å². The van der Waals surface area contributed by atoms with Crippen LogP contribution in [0, 0.1) is 0 Å². The highest BCUT2D eigenvalue weighted by Gasteiger charge is 2.24. The maximum absolute atomic E-state index is 13.2. The van der Waals surface area contributed by atoms with Crippen molar-refractivity contribution < 1.29 is 9.59 Å². The van der Waals surface area contributed by atoms with E-state index in [-0.39, 0.29) is 11.8 Å². The fourth-order valence-electron chi connectivity index (χ4n) is 4.54. The average molecular weight is 499 g/mol. The number of halogens is 1. The second kappa shape index (κ2) is 10.8. The van der Waals surface area contributed by atoms with Gasteiger partial charge in [0.15, 0.2) is 0 Å². The standard InChI is InChI=1S/C29H27ClN4O2/c30-24-8-3-5-21(19-24)13-14-31-28(35)23-11-12-27(32-20-23)33-15-17-34(18-16-33)29(36)26-10-4-7-22-6-1-2-9-25(22)26/h1-12,19-20H,13-18H2,(H,31,35). The number of hydrogen-bond acceptors (Lipinski definition) is 4. The number of fused-ring (bicyclic) bond motifs is 1.